The van der Waals surface area contributed by atoms with Gasteiger partial charge in [0.15, 0.2) is 0 Å². The van der Waals surface area contributed by atoms with E-state index in [9.17, 15) is 0 Å². The number of nitrogens with two attached hydrogens (primary N) is 1. The predicted molar refractivity (Wildman–Crippen MR) is 72.7 cm³/mol. The van der Waals surface area contributed by atoms with E-state index in [0.29, 0.717) is 0 Å². The number of aryl methyl sites for hydroxylation is 2. The van der Waals surface area contributed by atoms with Crippen molar-refractivity contribution in [3.05, 3.63) is 40.4 Å². The highest BCUT2D eigenvalue weighted by Gasteiger charge is 2.12. The molecule has 0 unspecified atom stereocenters. The first kappa shape index (κ1) is 11.8. The molecule has 0 atom stereocenters. The van der Waals surface area contributed by atoms with Crippen LogP contribution in [0.4, 0.5) is 0 Å². The smallest absolute Gasteiger partial charge is 0.135 e. The summed E-state index contributed by atoms with van der Waals surface area (Å²) in [6, 6.07) is 8.24. The third-order valence-electron chi connectivity index (χ3n) is 2.58. The fraction of sp³-hybridized carbons (Fsp3) is 0.231. The fourth-order valence-corrected chi connectivity index (χ4v) is 2.64. The van der Waals surface area contributed by atoms with E-state index >= 15 is 0 Å². The van der Waals surface area contributed by atoms with E-state index in [1.165, 1.54) is 16.9 Å². The summed E-state index contributed by atoms with van der Waals surface area (Å²) < 4.78 is 0. The van der Waals surface area contributed by atoms with Crippen molar-refractivity contribution in [2.45, 2.75) is 20.3 Å². The Morgan fingerprint density at radius 2 is 2.00 bits per heavy atom. The highest BCUT2D eigenvalue weighted by atomic mass is 32.1. The maximum Gasteiger partial charge on any atom is 0.135 e. The van der Waals surface area contributed by atoms with Crippen LogP contribution in [0.2, 0.25) is 0 Å². The van der Waals surface area contributed by atoms with Crippen molar-refractivity contribution in [2.75, 3.05) is 0 Å². The van der Waals surface area contributed by atoms with Gasteiger partial charge < -0.3 is 5.73 Å². The van der Waals surface area contributed by atoms with Gasteiger partial charge >= 0.3 is 0 Å². The summed E-state index contributed by atoms with van der Waals surface area (Å²) in [6.45, 7) is 4.09. The molecule has 0 radical (unpaired) electrons. The molecule has 3 N–H and O–H groups in total. The van der Waals surface area contributed by atoms with Crippen LogP contribution >= 0.6 is 11.3 Å². The molecule has 0 aliphatic carbocycles. The minimum Gasteiger partial charge on any atom is -0.383 e. The lowest BCUT2D eigenvalue weighted by molar-refractivity contribution is 1.06. The molecule has 0 saturated carbocycles. The summed E-state index contributed by atoms with van der Waals surface area (Å²) in [4.78, 5) is 5.34. The molecule has 0 saturated heterocycles. The molecule has 2 aromatic rings. The Kier molecular flexibility index (Phi) is 3.24. The standard InChI is InChI=1S/C13H15N3S/c1-3-10-11(12(14)15)17-13(16-10)9-6-4-8(2)5-7-9/h4-7H,3H2,1-2H3,(H3,14,15). The van der Waals surface area contributed by atoms with Crippen LogP contribution in [0.3, 0.4) is 0 Å². The molecule has 0 spiro atoms. The first-order chi connectivity index (χ1) is 8.11. The van der Waals surface area contributed by atoms with E-state index in [0.717, 1.165) is 27.6 Å². The van der Waals surface area contributed by atoms with Gasteiger partial charge in [0.1, 0.15) is 10.8 Å². The van der Waals surface area contributed by atoms with Gasteiger partial charge in [0.25, 0.3) is 0 Å². The molecule has 0 aliphatic rings. The molecule has 0 fully saturated rings. The zero-order valence-electron chi connectivity index (χ0n) is 9.95. The lowest BCUT2D eigenvalue weighted by Crippen LogP contribution is -2.11. The summed E-state index contributed by atoms with van der Waals surface area (Å²) >= 11 is 1.49. The molecular formula is C13H15N3S. The van der Waals surface area contributed by atoms with Crippen LogP contribution < -0.4 is 5.73 Å². The second kappa shape index (κ2) is 4.67. The molecule has 4 heteroatoms. The minimum absolute atomic E-state index is 0.109. The molecular weight excluding hydrogens is 230 g/mol. The van der Waals surface area contributed by atoms with Crippen molar-refractivity contribution >= 4 is 17.2 Å². The topological polar surface area (TPSA) is 62.8 Å². The third-order valence-corrected chi connectivity index (χ3v) is 3.76. The van der Waals surface area contributed by atoms with Gasteiger partial charge in [-0.25, -0.2) is 4.98 Å². The number of nitrogens with zero attached hydrogens (tertiary/aromatic N) is 1. The van der Waals surface area contributed by atoms with Crippen LogP contribution in [-0.4, -0.2) is 10.8 Å². The highest BCUT2D eigenvalue weighted by Crippen LogP contribution is 2.28. The molecule has 2 rings (SSSR count). The summed E-state index contributed by atoms with van der Waals surface area (Å²) in [7, 11) is 0. The van der Waals surface area contributed by atoms with Gasteiger partial charge in [-0.05, 0) is 13.3 Å². The maximum absolute atomic E-state index is 7.54. The van der Waals surface area contributed by atoms with Crippen molar-refractivity contribution in [1.82, 2.24) is 4.98 Å². The summed E-state index contributed by atoms with van der Waals surface area (Å²) in [5, 5.41) is 8.47. The number of rotatable bonds is 3. The Labute approximate surface area is 105 Å². The van der Waals surface area contributed by atoms with E-state index in [2.05, 4.69) is 36.2 Å². The quantitative estimate of drug-likeness (QED) is 0.645. The Hall–Kier alpha value is -1.68. The van der Waals surface area contributed by atoms with Crippen molar-refractivity contribution in [3.63, 3.8) is 0 Å². The van der Waals surface area contributed by atoms with E-state index in [1.54, 1.807) is 0 Å². The second-order valence-corrected chi connectivity index (χ2v) is 4.93. The molecule has 1 heterocycles. The second-order valence-electron chi connectivity index (χ2n) is 3.93. The first-order valence-corrected chi connectivity index (χ1v) is 6.34. The maximum atomic E-state index is 7.54. The van der Waals surface area contributed by atoms with Gasteiger partial charge in [-0.15, -0.1) is 11.3 Å². The van der Waals surface area contributed by atoms with Gasteiger partial charge in [-0.3, -0.25) is 5.41 Å². The van der Waals surface area contributed by atoms with Crippen molar-refractivity contribution in [1.29, 1.82) is 5.41 Å². The molecule has 0 amide bonds. The molecule has 88 valence electrons. The third kappa shape index (κ3) is 2.36. The SMILES string of the molecule is CCc1nc(-c2ccc(C)cc2)sc1C(=N)N. The largest absolute Gasteiger partial charge is 0.383 e. The van der Waals surface area contributed by atoms with Crippen molar-refractivity contribution in [3.8, 4) is 10.6 Å². The van der Waals surface area contributed by atoms with Gasteiger partial charge in [0, 0.05) is 5.56 Å². The number of benzene rings is 1. The van der Waals surface area contributed by atoms with Crippen LogP contribution in [0.15, 0.2) is 24.3 Å². The number of hydrogen-bond donors (Lipinski definition) is 2. The van der Waals surface area contributed by atoms with Gasteiger partial charge in [0.05, 0.1) is 10.6 Å². The number of aromatic nitrogens is 1. The van der Waals surface area contributed by atoms with Crippen LogP contribution in [-0.2, 0) is 6.42 Å². The van der Waals surface area contributed by atoms with Crippen molar-refractivity contribution in [2.24, 2.45) is 5.73 Å². The molecule has 0 aliphatic heterocycles. The van der Waals surface area contributed by atoms with Crippen LogP contribution in [0.5, 0.6) is 0 Å². The molecule has 17 heavy (non-hydrogen) atoms. The number of hydrogen-bond acceptors (Lipinski definition) is 3. The number of nitrogen functional groups attached to an aromatic ring is 1. The zero-order chi connectivity index (χ0) is 12.4. The average molecular weight is 245 g/mol. The first-order valence-electron chi connectivity index (χ1n) is 5.53. The van der Waals surface area contributed by atoms with E-state index in [1.807, 2.05) is 6.92 Å². The molecule has 3 nitrogen and oxygen atoms in total. The van der Waals surface area contributed by atoms with Gasteiger partial charge in [-0.2, -0.15) is 0 Å². The van der Waals surface area contributed by atoms with Crippen LogP contribution in [0.1, 0.15) is 23.1 Å². The van der Waals surface area contributed by atoms with Gasteiger partial charge in [0.2, 0.25) is 0 Å². The zero-order valence-corrected chi connectivity index (χ0v) is 10.8. The molecule has 1 aromatic carbocycles. The summed E-state index contributed by atoms with van der Waals surface area (Å²) in [5.41, 5.74) is 8.79. The number of thiazole rings is 1. The number of amidine groups is 1. The van der Waals surface area contributed by atoms with E-state index < -0.39 is 0 Å². The monoisotopic (exact) mass is 245 g/mol. The van der Waals surface area contributed by atoms with Gasteiger partial charge in [-0.1, -0.05) is 36.8 Å². The van der Waals surface area contributed by atoms with Crippen LogP contribution in [0.25, 0.3) is 10.6 Å². The van der Waals surface area contributed by atoms with E-state index in [4.69, 9.17) is 11.1 Å². The Balaban J connectivity index is 2.46. The fourth-order valence-electron chi connectivity index (χ4n) is 1.62. The summed E-state index contributed by atoms with van der Waals surface area (Å²) in [6.07, 6.45) is 0.803. The van der Waals surface area contributed by atoms with Crippen molar-refractivity contribution < 1.29 is 0 Å². The normalized spacial score (nSPS) is 10.5. The van der Waals surface area contributed by atoms with E-state index in [-0.39, 0.29) is 5.84 Å². The van der Waals surface area contributed by atoms with Crippen LogP contribution in [0, 0.1) is 12.3 Å². The predicted octanol–water partition coefficient (Wildman–Crippen LogP) is 2.96. The Morgan fingerprint density at radius 1 is 1.35 bits per heavy atom. The lowest BCUT2D eigenvalue weighted by atomic mass is 10.2. The molecule has 0 bridgehead atoms. The lowest BCUT2D eigenvalue weighted by Gasteiger charge is -1.96. The Morgan fingerprint density at radius 3 is 2.47 bits per heavy atom. The summed E-state index contributed by atoms with van der Waals surface area (Å²) in [5.74, 6) is 0.109. The minimum atomic E-state index is 0.109. The average Bonchev–Trinajstić information content (AvgIpc) is 2.74. The Bertz CT molecular complexity index is 540. The highest BCUT2D eigenvalue weighted by molar-refractivity contribution is 7.17. The number of nitrogens with one attached hydrogen (secondary N) is 1. The molecule has 1 aromatic heterocycles.